The molecule has 1 unspecified atom stereocenters. The summed E-state index contributed by atoms with van der Waals surface area (Å²) >= 11 is 6.31. The van der Waals surface area contributed by atoms with E-state index in [1.54, 1.807) is 6.20 Å². The van der Waals surface area contributed by atoms with Gasteiger partial charge in [0.15, 0.2) is 0 Å². The van der Waals surface area contributed by atoms with Crippen molar-refractivity contribution < 1.29 is 5.11 Å². The molecule has 0 radical (unpaired) electrons. The maximum Gasteiger partial charge on any atom is 0.287 e. The molecule has 3 rings (SSSR count). The van der Waals surface area contributed by atoms with Crippen molar-refractivity contribution >= 4 is 17.3 Å². The van der Waals surface area contributed by atoms with Crippen molar-refractivity contribution in [3.63, 3.8) is 0 Å². The van der Waals surface area contributed by atoms with E-state index in [1.165, 1.54) is 4.68 Å². The lowest BCUT2D eigenvalue weighted by Crippen LogP contribution is -2.38. The molecule has 0 aliphatic carbocycles. The van der Waals surface area contributed by atoms with E-state index < -0.39 is 0 Å². The third-order valence-electron chi connectivity index (χ3n) is 4.26. The SMILES string of the molecule is O=c1c(Cl)c(N2CCCC(CO)C2)cnn1Cc1ccccc1. The van der Waals surface area contributed by atoms with Crippen LogP contribution in [0.5, 0.6) is 0 Å². The molecule has 0 bridgehead atoms. The molecule has 122 valence electrons. The zero-order valence-electron chi connectivity index (χ0n) is 12.9. The van der Waals surface area contributed by atoms with E-state index in [0.717, 1.165) is 24.9 Å². The Morgan fingerprint density at radius 1 is 1.30 bits per heavy atom. The van der Waals surface area contributed by atoms with Crippen LogP contribution in [0.15, 0.2) is 41.3 Å². The van der Waals surface area contributed by atoms with Crippen LogP contribution < -0.4 is 10.5 Å². The Balaban J connectivity index is 1.84. The number of hydrogen-bond acceptors (Lipinski definition) is 4. The molecule has 2 aromatic rings. The van der Waals surface area contributed by atoms with Crippen LogP contribution in [0.3, 0.4) is 0 Å². The molecular formula is C17H20ClN3O2. The van der Waals surface area contributed by atoms with Gasteiger partial charge in [-0.15, -0.1) is 0 Å². The van der Waals surface area contributed by atoms with Crippen LogP contribution in [-0.4, -0.2) is 34.6 Å². The normalized spacial score (nSPS) is 18.2. The first-order valence-electron chi connectivity index (χ1n) is 7.84. The second-order valence-electron chi connectivity index (χ2n) is 5.93. The highest BCUT2D eigenvalue weighted by Crippen LogP contribution is 2.26. The standard InChI is InChI=1S/C17H20ClN3O2/c18-16-15(20-8-4-7-14(10-20)12-22)9-19-21(17(16)23)11-13-5-2-1-3-6-13/h1-3,5-6,9,14,22H,4,7-8,10-12H2. The van der Waals surface area contributed by atoms with Gasteiger partial charge in [0.2, 0.25) is 0 Å². The Morgan fingerprint density at radius 2 is 2.09 bits per heavy atom. The number of aliphatic hydroxyl groups excluding tert-OH is 1. The minimum absolute atomic E-state index is 0.159. The number of piperidine rings is 1. The van der Waals surface area contributed by atoms with Crippen molar-refractivity contribution in [3.05, 3.63) is 57.5 Å². The second-order valence-corrected chi connectivity index (χ2v) is 6.31. The van der Waals surface area contributed by atoms with E-state index in [0.29, 0.717) is 18.8 Å². The number of rotatable bonds is 4. The molecule has 1 atom stereocenters. The van der Waals surface area contributed by atoms with Gasteiger partial charge in [0.1, 0.15) is 5.02 Å². The average Bonchev–Trinajstić information content (AvgIpc) is 2.60. The predicted molar refractivity (Wildman–Crippen MR) is 91.1 cm³/mol. The van der Waals surface area contributed by atoms with E-state index in [2.05, 4.69) is 5.10 Å². The van der Waals surface area contributed by atoms with Crippen molar-refractivity contribution in [3.8, 4) is 0 Å². The summed E-state index contributed by atoms with van der Waals surface area (Å²) in [5.74, 6) is 0.228. The molecule has 1 saturated heterocycles. The van der Waals surface area contributed by atoms with Crippen LogP contribution >= 0.6 is 11.6 Å². The molecular weight excluding hydrogens is 314 g/mol. The van der Waals surface area contributed by atoms with Gasteiger partial charge in [0.25, 0.3) is 5.56 Å². The number of aromatic nitrogens is 2. The van der Waals surface area contributed by atoms with Crippen LogP contribution in [0.25, 0.3) is 0 Å². The fraction of sp³-hybridized carbons (Fsp3) is 0.412. The monoisotopic (exact) mass is 333 g/mol. The van der Waals surface area contributed by atoms with Gasteiger partial charge in [-0.2, -0.15) is 5.10 Å². The summed E-state index contributed by atoms with van der Waals surface area (Å²) in [6.07, 6.45) is 3.64. The first-order chi connectivity index (χ1) is 11.2. The van der Waals surface area contributed by atoms with Gasteiger partial charge in [-0.05, 0) is 24.3 Å². The van der Waals surface area contributed by atoms with Gasteiger partial charge < -0.3 is 10.0 Å². The summed E-state index contributed by atoms with van der Waals surface area (Å²) in [4.78, 5) is 14.5. The lowest BCUT2D eigenvalue weighted by molar-refractivity contribution is 0.208. The predicted octanol–water partition coefficient (Wildman–Crippen LogP) is 2.15. The van der Waals surface area contributed by atoms with E-state index >= 15 is 0 Å². The Morgan fingerprint density at radius 3 is 2.83 bits per heavy atom. The molecule has 1 aliphatic heterocycles. The maximum atomic E-state index is 12.5. The molecule has 1 aliphatic rings. The number of hydrogen-bond donors (Lipinski definition) is 1. The average molecular weight is 334 g/mol. The molecule has 0 spiro atoms. The van der Waals surface area contributed by atoms with Gasteiger partial charge >= 0.3 is 0 Å². The quantitative estimate of drug-likeness (QED) is 0.931. The lowest BCUT2D eigenvalue weighted by Gasteiger charge is -2.33. The van der Waals surface area contributed by atoms with Crippen molar-refractivity contribution in [2.45, 2.75) is 19.4 Å². The number of halogens is 1. The number of benzene rings is 1. The summed E-state index contributed by atoms with van der Waals surface area (Å²) in [7, 11) is 0. The van der Waals surface area contributed by atoms with Crippen LogP contribution in [0, 0.1) is 5.92 Å². The highest BCUT2D eigenvalue weighted by Gasteiger charge is 2.23. The summed E-state index contributed by atoms with van der Waals surface area (Å²) < 4.78 is 1.38. The number of aliphatic hydroxyl groups is 1. The third-order valence-corrected chi connectivity index (χ3v) is 4.61. The van der Waals surface area contributed by atoms with Crippen molar-refractivity contribution in [1.82, 2.24) is 9.78 Å². The smallest absolute Gasteiger partial charge is 0.287 e. The van der Waals surface area contributed by atoms with Crippen molar-refractivity contribution in [2.75, 3.05) is 24.6 Å². The Hall–Kier alpha value is -1.85. The lowest BCUT2D eigenvalue weighted by atomic mass is 9.99. The highest BCUT2D eigenvalue weighted by atomic mass is 35.5. The molecule has 1 N–H and O–H groups in total. The van der Waals surface area contributed by atoms with Gasteiger partial charge in [0, 0.05) is 19.7 Å². The van der Waals surface area contributed by atoms with Crippen molar-refractivity contribution in [2.24, 2.45) is 5.92 Å². The Labute approximate surface area is 140 Å². The molecule has 1 aromatic heterocycles. The molecule has 23 heavy (non-hydrogen) atoms. The number of nitrogens with zero attached hydrogens (tertiary/aromatic N) is 3. The summed E-state index contributed by atoms with van der Waals surface area (Å²) in [6, 6.07) is 9.70. The van der Waals surface area contributed by atoms with Crippen molar-refractivity contribution in [1.29, 1.82) is 0 Å². The fourth-order valence-corrected chi connectivity index (χ4v) is 3.24. The Kier molecular flexibility index (Phi) is 4.98. The van der Waals surface area contributed by atoms with Crippen LogP contribution in [0.4, 0.5) is 5.69 Å². The highest BCUT2D eigenvalue weighted by molar-refractivity contribution is 6.33. The van der Waals surface area contributed by atoms with E-state index in [-0.39, 0.29) is 23.1 Å². The molecule has 1 fully saturated rings. The topological polar surface area (TPSA) is 58.4 Å². The first kappa shape index (κ1) is 16.0. The van der Waals surface area contributed by atoms with E-state index in [9.17, 15) is 9.90 Å². The largest absolute Gasteiger partial charge is 0.396 e. The second kappa shape index (κ2) is 7.15. The Bertz CT molecular complexity index is 718. The van der Waals surface area contributed by atoms with Crippen LogP contribution in [-0.2, 0) is 6.54 Å². The fourth-order valence-electron chi connectivity index (χ4n) is 2.98. The van der Waals surface area contributed by atoms with Gasteiger partial charge in [-0.25, -0.2) is 4.68 Å². The molecule has 0 saturated carbocycles. The summed E-state index contributed by atoms with van der Waals surface area (Å²) in [6.45, 7) is 2.10. The molecule has 5 nitrogen and oxygen atoms in total. The number of anilines is 1. The van der Waals surface area contributed by atoms with E-state index in [1.807, 2.05) is 35.2 Å². The molecule has 1 aromatic carbocycles. The molecule has 6 heteroatoms. The van der Waals surface area contributed by atoms with Crippen LogP contribution in [0.1, 0.15) is 18.4 Å². The van der Waals surface area contributed by atoms with E-state index in [4.69, 9.17) is 11.6 Å². The maximum absolute atomic E-state index is 12.5. The van der Waals surface area contributed by atoms with Gasteiger partial charge in [-0.3, -0.25) is 4.79 Å². The van der Waals surface area contributed by atoms with Gasteiger partial charge in [0.05, 0.1) is 18.4 Å². The summed E-state index contributed by atoms with van der Waals surface area (Å²) in [5, 5.41) is 13.8. The van der Waals surface area contributed by atoms with Gasteiger partial charge in [-0.1, -0.05) is 41.9 Å². The molecule has 2 heterocycles. The third kappa shape index (κ3) is 3.57. The summed E-state index contributed by atoms with van der Waals surface area (Å²) in [5.41, 5.74) is 1.39. The zero-order chi connectivity index (χ0) is 16.2. The minimum Gasteiger partial charge on any atom is -0.396 e. The molecule has 0 amide bonds. The zero-order valence-corrected chi connectivity index (χ0v) is 13.6. The minimum atomic E-state index is -0.279. The first-order valence-corrected chi connectivity index (χ1v) is 8.22. The van der Waals surface area contributed by atoms with Crippen LogP contribution in [0.2, 0.25) is 5.02 Å².